The number of rotatable bonds is 7. The normalized spacial score (nSPS) is 15.8. The van der Waals surface area contributed by atoms with E-state index < -0.39 is 6.10 Å². The molecule has 5 nitrogen and oxygen atoms in total. The van der Waals surface area contributed by atoms with Crippen LogP contribution in [0.1, 0.15) is 12.0 Å². The van der Waals surface area contributed by atoms with Gasteiger partial charge in [0.2, 0.25) is 0 Å². The molecule has 0 bridgehead atoms. The number of nitrogens with one attached hydrogen (secondary N) is 2. The molecule has 2 aromatic carbocycles. The second-order valence-corrected chi connectivity index (χ2v) is 5.97. The van der Waals surface area contributed by atoms with Crippen molar-refractivity contribution in [2.75, 3.05) is 25.0 Å². The van der Waals surface area contributed by atoms with Crippen molar-refractivity contribution in [1.82, 2.24) is 5.32 Å². The summed E-state index contributed by atoms with van der Waals surface area (Å²) in [5.41, 5.74) is 2.62. The van der Waals surface area contributed by atoms with Gasteiger partial charge in [0.25, 0.3) is 0 Å². The van der Waals surface area contributed by atoms with Crippen LogP contribution in [0.5, 0.6) is 5.75 Å². The Morgan fingerprint density at radius 3 is 2.54 bits per heavy atom. The molecule has 0 radical (unpaired) electrons. The van der Waals surface area contributed by atoms with Gasteiger partial charge in [0.15, 0.2) is 0 Å². The van der Waals surface area contributed by atoms with Gasteiger partial charge >= 0.3 is 0 Å². The number of hydrogen-bond acceptors (Lipinski definition) is 4. The fraction of sp³-hybridized carbons (Fsp3) is 0.368. The topological polar surface area (TPSA) is 85.0 Å². The monoisotopic (exact) mass is 402 g/mol. The van der Waals surface area contributed by atoms with E-state index in [4.69, 9.17) is 4.74 Å². The van der Waals surface area contributed by atoms with E-state index in [9.17, 15) is 5.11 Å². The lowest BCUT2D eigenvalue weighted by Crippen LogP contribution is -2.40. The third kappa shape index (κ3) is 7.40. The van der Waals surface area contributed by atoms with Gasteiger partial charge in [-0.15, -0.1) is 24.8 Å². The second kappa shape index (κ2) is 12.8. The van der Waals surface area contributed by atoms with E-state index >= 15 is 0 Å². The van der Waals surface area contributed by atoms with E-state index in [1.807, 2.05) is 30.3 Å². The summed E-state index contributed by atoms with van der Waals surface area (Å²) in [7, 11) is 0. The van der Waals surface area contributed by atoms with Gasteiger partial charge in [0, 0.05) is 24.8 Å². The first kappa shape index (κ1) is 24.5. The van der Waals surface area contributed by atoms with E-state index in [0.717, 1.165) is 25.1 Å². The summed E-state index contributed by atoms with van der Waals surface area (Å²) < 4.78 is 5.55. The average Bonchev–Trinajstić information content (AvgIpc) is 2.61. The molecule has 2 aromatic rings. The van der Waals surface area contributed by atoms with Gasteiger partial charge in [0.1, 0.15) is 18.5 Å². The number of para-hydroxylation sites is 2. The van der Waals surface area contributed by atoms with Gasteiger partial charge in [-0.3, -0.25) is 0 Å². The minimum atomic E-state index is -0.508. The maximum Gasteiger partial charge on any atom is 0.119 e. The van der Waals surface area contributed by atoms with Crippen LogP contribution in [0.3, 0.4) is 0 Å². The van der Waals surface area contributed by atoms with Gasteiger partial charge in [-0.2, -0.15) is 0 Å². The lowest BCUT2D eigenvalue weighted by molar-refractivity contribution is 0.106. The van der Waals surface area contributed by atoms with Crippen molar-refractivity contribution < 1.29 is 15.3 Å². The van der Waals surface area contributed by atoms with Gasteiger partial charge in [-0.05, 0) is 36.6 Å². The standard InChI is InChI=1S/C19H24N2O2.2ClH.H2O/c22-17(14-23-18-7-2-1-3-8-18)13-20-12-16-11-10-15-6-4-5-9-19(15)21-16;;;/h1-9,16-17,20-22H,10-14H2;2*1H;1H2. The third-order valence-electron chi connectivity index (χ3n) is 4.10. The maximum absolute atomic E-state index is 9.99. The molecule has 0 saturated heterocycles. The molecule has 0 aromatic heterocycles. The molecule has 0 amide bonds. The minimum Gasteiger partial charge on any atom is -0.491 e. The first-order valence-corrected chi connectivity index (χ1v) is 8.22. The summed E-state index contributed by atoms with van der Waals surface area (Å²) in [4.78, 5) is 0. The predicted octanol–water partition coefficient (Wildman–Crippen LogP) is 2.46. The summed E-state index contributed by atoms with van der Waals surface area (Å²) in [6, 6.07) is 18.4. The molecule has 1 aliphatic rings. The molecular formula is C19H28Cl2N2O3. The number of aryl methyl sites for hydroxylation is 1. The predicted molar refractivity (Wildman–Crippen MR) is 111 cm³/mol. The van der Waals surface area contributed by atoms with Crippen molar-refractivity contribution in [3.63, 3.8) is 0 Å². The van der Waals surface area contributed by atoms with E-state index in [2.05, 4.69) is 34.9 Å². The Labute approximate surface area is 167 Å². The zero-order valence-corrected chi connectivity index (χ0v) is 16.2. The van der Waals surface area contributed by atoms with E-state index in [1.165, 1.54) is 11.3 Å². The molecule has 26 heavy (non-hydrogen) atoms. The van der Waals surface area contributed by atoms with Gasteiger partial charge < -0.3 is 26.0 Å². The van der Waals surface area contributed by atoms with Crippen molar-refractivity contribution in [1.29, 1.82) is 0 Å². The Bertz CT molecular complexity index is 617. The number of benzene rings is 2. The number of halogens is 2. The first-order chi connectivity index (χ1) is 11.3. The van der Waals surface area contributed by atoms with Crippen LogP contribution in [0.2, 0.25) is 0 Å². The number of aliphatic hydroxyl groups is 1. The quantitative estimate of drug-likeness (QED) is 0.663. The largest absolute Gasteiger partial charge is 0.491 e. The van der Waals surface area contributed by atoms with Crippen LogP contribution in [0.15, 0.2) is 54.6 Å². The van der Waals surface area contributed by atoms with Crippen LogP contribution < -0.4 is 15.4 Å². The molecule has 3 rings (SSSR count). The van der Waals surface area contributed by atoms with Crippen LogP contribution in [0, 0.1) is 0 Å². The molecule has 2 unspecified atom stereocenters. The second-order valence-electron chi connectivity index (χ2n) is 5.97. The minimum absolute atomic E-state index is 0. The summed E-state index contributed by atoms with van der Waals surface area (Å²) in [5.74, 6) is 0.789. The number of aliphatic hydroxyl groups excluding tert-OH is 1. The number of fused-ring (bicyclic) bond motifs is 1. The fourth-order valence-corrected chi connectivity index (χ4v) is 2.85. The van der Waals surface area contributed by atoms with Crippen molar-refractivity contribution in [3.8, 4) is 5.75 Å². The molecule has 0 spiro atoms. The van der Waals surface area contributed by atoms with Crippen LogP contribution in [0.4, 0.5) is 5.69 Å². The summed E-state index contributed by atoms with van der Waals surface area (Å²) in [6.07, 6.45) is 1.71. The van der Waals surface area contributed by atoms with Gasteiger partial charge in [-0.1, -0.05) is 36.4 Å². The molecule has 146 valence electrons. The van der Waals surface area contributed by atoms with E-state index in [1.54, 1.807) is 0 Å². The van der Waals surface area contributed by atoms with Crippen molar-refractivity contribution >= 4 is 30.5 Å². The van der Waals surface area contributed by atoms with E-state index in [0.29, 0.717) is 19.2 Å². The van der Waals surface area contributed by atoms with Crippen molar-refractivity contribution in [3.05, 3.63) is 60.2 Å². The highest BCUT2D eigenvalue weighted by molar-refractivity contribution is 5.85. The zero-order chi connectivity index (χ0) is 15.9. The first-order valence-electron chi connectivity index (χ1n) is 8.22. The number of ether oxygens (including phenoxy) is 1. The molecule has 0 fully saturated rings. The van der Waals surface area contributed by atoms with Crippen LogP contribution >= 0.6 is 24.8 Å². The molecule has 2 atom stereocenters. The summed E-state index contributed by atoms with van der Waals surface area (Å²) in [5, 5.41) is 16.9. The van der Waals surface area contributed by atoms with Gasteiger partial charge in [-0.25, -0.2) is 0 Å². The molecule has 7 heteroatoms. The Hall–Kier alpha value is -1.50. The van der Waals surface area contributed by atoms with E-state index in [-0.39, 0.29) is 30.3 Å². The SMILES string of the molecule is Cl.Cl.O.OC(CNCC1CCc2ccccc2N1)COc1ccccc1. The van der Waals surface area contributed by atoms with Crippen LogP contribution in [-0.2, 0) is 6.42 Å². The fourth-order valence-electron chi connectivity index (χ4n) is 2.85. The number of anilines is 1. The average molecular weight is 403 g/mol. The lowest BCUT2D eigenvalue weighted by atomic mass is 9.98. The Morgan fingerprint density at radius 2 is 1.77 bits per heavy atom. The highest BCUT2D eigenvalue weighted by Gasteiger charge is 2.17. The van der Waals surface area contributed by atoms with Gasteiger partial charge in [0.05, 0.1) is 0 Å². The Morgan fingerprint density at radius 1 is 1.08 bits per heavy atom. The molecule has 0 saturated carbocycles. The molecule has 1 heterocycles. The highest BCUT2D eigenvalue weighted by Crippen LogP contribution is 2.23. The maximum atomic E-state index is 9.99. The molecule has 0 aliphatic carbocycles. The number of hydrogen-bond donors (Lipinski definition) is 3. The van der Waals surface area contributed by atoms with Crippen molar-refractivity contribution in [2.24, 2.45) is 0 Å². The molecule has 1 aliphatic heterocycles. The Balaban J connectivity index is 0.00000208. The smallest absolute Gasteiger partial charge is 0.119 e. The lowest BCUT2D eigenvalue weighted by Gasteiger charge is -2.27. The summed E-state index contributed by atoms with van der Waals surface area (Å²) >= 11 is 0. The Kier molecular flexibility index (Phi) is 12.1. The van der Waals surface area contributed by atoms with Crippen molar-refractivity contribution in [2.45, 2.75) is 25.0 Å². The van der Waals surface area contributed by atoms with Crippen LogP contribution in [-0.4, -0.2) is 42.4 Å². The molecular weight excluding hydrogens is 375 g/mol. The zero-order valence-electron chi connectivity index (χ0n) is 14.6. The summed E-state index contributed by atoms with van der Waals surface area (Å²) in [6.45, 7) is 1.68. The third-order valence-corrected chi connectivity index (χ3v) is 4.10. The highest BCUT2D eigenvalue weighted by atomic mass is 35.5. The molecule has 5 N–H and O–H groups in total. The van der Waals surface area contributed by atoms with Crippen LogP contribution in [0.25, 0.3) is 0 Å².